The number of rotatable bonds is 2. The second kappa shape index (κ2) is 7.43. The van der Waals surface area contributed by atoms with Gasteiger partial charge in [-0.1, -0.05) is 23.2 Å². The lowest BCUT2D eigenvalue weighted by molar-refractivity contribution is 0.0746. The van der Waals surface area contributed by atoms with Crippen LogP contribution in [0.3, 0.4) is 0 Å². The highest BCUT2D eigenvalue weighted by molar-refractivity contribution is 6.36. The van der Waals surface area contributed by atoms with Crippen molar-refractivity contribution in [1.82, 2.24) is 14.5 Å². The minimum atomic E-state index is -0.0545. The molecule has 3 rings (SSSR count). The van der Waals surface area contributed by atoms with Crippen LogP contribution in [0.5, 0.6) is 0 Å². The Morgan fingerprint density at radius 2 is 1.87 bits per heavy atom. The van der Waals surface area contributed by atoms with Crippen LogP contribution in [0.4, 0.5) is 5.95 Å². The summed E-state index contributed by atoms with van der Waals surface area (Å²) in [6.45, 7) is 2.79. The molecule has 0 aliphatic carbocycles. The largest absolute Gasteiger partial charge is 0.339 e. The van der Waals surface area contributed by atoms with Gasteiger partial charge < -0.3 is 14.4 Å². The molecular weight excluding hydrogens is 359 g/mol. The van der Waals surface area contributed by atoms with Crippen molar-refractivity contribution in [1.29, 1.82) is 0 Å². The standard InChI is InChI=1S/C15H16Cl2N4O.ClH/c1-19-5-4-18-15(19)21-8-6-20(7-9-21)14(22)12-3-2-11(16)10-13(12)17;/h2-5,10H,6-9H2,1H3;1H. The van der Waals surface area contributed by atoms with Crippen LogP contribution in [-0.4, -0.2) is 46.5 Å². The van der Waals surface area contributed by atoms with Crippen LogP contribution in [0.25, 0.3) is 0 Å². The SMILES string of the molecule is Cl.Cn1ccnc1N1CCN(C(=O)c2ccc(Cl)cc2Cl)CC1. The van der Waals surface area contributed by atoms with Crippen LogP contribution in [0.15, 0.2) is 30.6 Å². The van der Waals surface area contributed by atoms with E-state index in [9.17, 15) is 4.79 Å². The van der Waals surface area contributed by atoms with E-state index in [0.717, 1.165) is 19.0 Å². The molecule has 1 aliphatic rings. The van der Waals surface area contributed by atoms with Gasteiger partial charge in [0.1, 0.15) is 0 Å². The number of halogens is 3. The molecule has 0 atom stereocenters. The van der Waals surface area contributed by atoms with E-state index in [1.54, 1.807) is 24.4 Å². The molecule has 2 heterocycles. The zero-order chi connectivity index (χ0) is 15.7. The fourth-order valence-electron chi connectivity index (χ4n) is 2.61. The summed E-state index contributed by atoms with van der Waals surface area (Å²) in [5.41, 5.74) is 0.497. The number of benzene rings is 1. The summed E-state index contributed by atoms with van der Waals surface area (Å²) < 4.78 is 1.98. The Balaban J connectivity index is 0.00000192. The Labute approximate surface area is 151 Å². The molecule has 1 amide bonds. The zero-order valence-electron chi connectivity index (χ0n) is 12.6. The van der Waals surface area contributed by atoms with Gasteiger partial charge in [0.2, 0.25) is 5.95 Å². The molecule has 1 aromatic carbocycles. The molecule has 0 spiro atoms. The molecule has 0 bridgehead atoms. The van der Waals surface area contributed by atoms with Crippen molar-refractivity contribution in [2.75, 3.05) is 31.1 Å². The fourth-order valence-corrected chi connectivity index (χ4v) is 3.09. The lowest BCUT2D eigenvalue weighted by Gasteiger charge is -2.35. The van der Waals surface area contributed by atoms with E-state index in [1.807, 2.05) is 22.7 Å². The summed E-state index contributed by atoms with van der Waals surface area (Å²) in [6, 6.07) is 4.96. The summed E-state index contributed by atoms with van der Waals surface area (Å²) in [5, 5.41) is 0.921. The molecule has 0 saturated carbocycles. The van der Waals surface area contributed by atoms with Gasteiger partial charge in [0.05, 0.1) is 10.6 Å². The highest BCUT2D eigenvalue weighted by Gasteiger charge is 2.25. The highest BCUT2D eigenvalue weighted by Crippen LogP contribution is 2.23. The summed E-state index contributed by atoms with van der Waals surface area (Å²) in [6.07, 6.45) is 3.70. The number of piperazine rings is 1. The highest BCUT2D eigenvalue weighted by atomic mass is 35.5. The van der Waals surface area contributed by atoms with Crippen molar-refractivity contribution in [3.8, 4) is 0 Å². The van der Waals surface area contributed by atoms with Gasteiger partial charge in [-0.25, -0.2) is 4.98 Å². The number of anilines is 1. The lowest BCUT2D eigenvalue weighted by atomic mass is 10.2. The molecule has 0 unspecified atom stereocenters. The Hall–Kier alpha value is -1.43. The quantitative estimate of drug-likeness (QED) is 0.810. The summed E-state index contributed by atoms with van der Waals surface area (Å²) in [5.74, 6) is 0.873. The third kappa shape index (κ3) is 3.74. The maximum Gasteiger partial charge on any atom is 0.255 e. The number of imidazole rings is 1. The van der Waals surface area contributed by atoms with Crippen LogP contribution in [0.2, 0.25) is 10.0 Å². The van der Waals surface area contributed by atoms with Crippen molar-refractivity contribution >= 4 is 47.5 Å². The van der Waals surface area contributed by atoms with Gasteiger partial charge in [-0.05, 0) is 18.2 Å². The molecule has 2 aromatic rings. The van der Waals surface area contributed by atoms with Gasteiger partial charge in [0, 0.05) is 50.6 Å². The number of aromatic nitrogens is 2. The molecule has 1 aromatic heterocycles. The summed E-state index contributed by atoms with van der Waals surface area (Å²) in [4.78, 5) is 20.9. The molecule has 124 valence electrons. The van der Waals surface area contributed by atoms with Crippen molar-refractivity contribution in [3.63, 3.8) is 0 Å². The third-order valence-corrected chi connectivity index (χ3v) is 4.35. The molecule has 5 nitrogen and oxygen atoms in total. The van der Waals surface area contributed by atoms with Gasteiger partial charge in [-0.15, -0.1) is 12.4 Å². The number of carbonyl (C=O) groups excluding carboxylic acids is 1. The van der Waals surface area contributed by atoms with E-state index in [0.29, 0.717) is 28.7 Å². The molecule has 0 N–H and O–H groups in total. The normalized spacial score (nSPS) is 14.6. The monoisotopic (exact) mass is 374 g/mol. The molecule has 8 heteroatoms. The number of amides is 1. The minimum Gasteiger partial charge on any atom is -0.339 e. The van der Waals surface area contributed by atoms with E-state index in [1.165, 1.54) is 0 Å². The Morgan fingerprint density at radius 3 is 2.43 bits per heavy atom. The second-order valence-corrected chi connectivity index (χ2v) is 6.09. The van der Waals surface area contributed by atoms with E-state index in [-0.39, 0.29) is 18.3 Å². The number of nitrogens with zero attached hydrogens (tertiary/aromatic N) is 4. The van der Waals surface area contributed by atoms with Crippen molar-refractivity contribution in [2.24, 2.45) is 7.05 Å². The molecule has 23 heavy (non-hydrogen) atoms. The number of hydrogen-bond acceptors (Lipinski definition) is 3. The van der Waals surface area contributed by atoms with Gasteiger partial charge in [0.25, 0.3) is 5.91 Å². The van der Waals surface area contributed by atoms with Crippen LogP contribution >= 0.6 is 35.6 Å². The van der Waals surface area contributed by atoms with Gasteiger partial charge in [0.15, 0.2) is 0 Å². The Kier molecular flexibility index (Phi) is 5.79. The van der Waals surface area contributed by atoms with Crippen LogP contribution < -0.4 is 4.90 Å². The lowest BCUT2D eigenvalue weighted by Crippen LogP contribution is -2.49. The number of hydrogen-bond donors (Lipinski definition) is 0. The number of carbonyl (C=O) groups is 1. The van der Waals surface area contributed by atoms with Crippen molar-refractivity contribution < 1.29 is 4.79 Å². The Bertz CT molecular complexity index is 696. The van der Waals surface area contributed by atoms with Crippen LogP contribution in [-0.2, 0) is 7.05 Å². The molecule has 1 fully saturated rings. The minimum absolute atomic E-state index is 0. The fraction of sp³-hybridized carbons (Fsp3) is 0.333. The first-order valence-electron chi connectivity index (χ1n) is 7.03. The Morgan fingerprint density at radius 1 is 1.17 bits per heavy atom. The summed E-state index contributed by atoms with van der Waals surface area (Å²) >= 11 is 12.0. The van der Waals surface area contributed by atoms with Crippen molar-refractivity contribution in [2.45, 2.75) is 0 Å². The predicted octanol–water partition coefficient (Wildman–Crippen LogP) is 3.11. The van der Waals surface area contributed by atoms with Gasteiger partial charge in [-0.2, -0.15) is 0 Å². The topological polar surface area (TPSA) is 41.4 Å². The maximum absolute atomic E-state index is 12.6. The molecule has 1 aliphatic heterocycles. The molecule has 0 radical (unpaired) electrons. The first kappa shape index (κ1) is 17.9. The first-order chi connectivity index (χ1) is 10.6. The zero-order valence-corrected chi connectivity index (χ0v) is 14.9. The smallest absolute Gasteiger partial charge is 0.255 e. The van der Waals surface area contributed by atoms with Gasteiger partial charge in [-0.3, -0.25) is 4.79 Å². The molecule has 1 saturated heterocycles. The second-order valence-electron chi connectivity index (χ2n) is 5.24. The van der Waals surface area contributed by atoms with E-state index in [4.69, 9.17) is 23.2 Å². The average Bonchev–Trinajstić information content (AvgIpc) is 2.93. The van der Waals surface area contributed by atoms with Crippen LogP contribution in [0, 0.1) is 0 Å². The predicted molar refractivity (Wildman–Crippen MR) is 95.0 cm³/mol. The molecular formula is C15H17Cl3N4O. The number of aryl methyl sites for hydroxylation is 1. The van der Waals surface area contributed by atoms with E-state index >= 15 is 0 Å². The van der Waals surface area contributed by atoms with Crippen LogP contribution in [0.1, 0.15) is 10.4 Å². The maximum atomic E-state index is 12.6. The third-order valence-electron chi connectivity index (χ3n) is 3.81. The average molecular weight is 376 g/mol. The first-order valence-corrected chi connectivity index (χ1v) is 7.78. The van der Waals surface area contributed by atoms with E-state index in [2.05, 4.69) is 9.88 Å². The van der Waals surface area contributed by atoms with Gasteiger partial charge >= 0.3 is 0 Å². The van der Waals surface area contributed by atoms with E-state index < -0.39 is 0 Å². The van der Waals surface area contributed by atoms with Crippen molar-refractivity contribution in [3.05, 3.63) is 46.2 Å². The summed E-state index contributed by atoms with van der Waals surface area (Å²) in [7, 11) is 1.97.